The Hall–Kier alpha value is -5.52. The molecule has 1 aliphatic carbocycles. The second-order valence-electron chi connectivity index (χ2n) is 15.6. The number of benzene rings is 2. The summed E-state index contributed by atoms with van der Waals surface area (Å²) in [7, 11) is 1.72. The fourth-order valence-corrected chi connectivity index (χ4v) is 8.93. The van der Waals surface area contributed by atoms with Crippen molar-refractivity contribution in [2.45, 2.75) is 81.7 Å². The summed E-state index contributed by atoms with van der Waals surface area (Å²) >= 11 is 0. The van der Waals surface area contributed by atoms with Gasteiger partial charge in [-0.3, -0.25) is 33.5 Å². The van der Waals surface area contributed by atoms with E-state index < -0.39 is 52.8 Å². The lowest BCUT2D eigenvalue weighted by Gasteiger charge is -2.37. The first kappa shape index (κ1) is 39.3. The van der Waals surface area contributed by atoms with Crippen molar-refractivity contribution in [1.82, 2.24) is 34.1 Å². The zero-order valence-corrected chi connectivity index (χ0v) is 31.4. The Kier molecular flexibility index (Phi) is 10.2. The second-order valence-corrected chi connectivity index (χ2v) is 15.6. The van der Waals surface area contributed by atoms with E-state index in [4.69, 9.17) is 0 Å². The Morgan fingerprint density at radius 1 is 0.897 bits per heavy atom. The summed E-state index contributed by atoms with van der Waals surface area (Å²) in [5.41, 5.74) is -1.45. The highest BCUT2D eigenvalue weighted by Gasteiger charge is 2.37. The molecule has 0 bridgehead atoms. The third-order valence-electron chi connectivity index (χ3n) is 11.9. The predicted octanol–water partition coefficient (Wildman–Crippen LogP) is 6.96. The molecule has 3 fully saturated rings. The van der Waals surface area contributed by atoms with Gasteiger partial charge < -0.3 is 10.2 Å². The molecule has 1 atom stereocenters. The Bertz CT molecular complexity index is 2470. The summed E-state index contributed by atoms with van der Waals surface area (Å²) in [5, 5.41) is 9.28. The van der Waals surface area contributed by atoms with Gasteiger partial charge in [0.2, 0.25) is 11.8 Å². The topological polar surface area (TPSA) is 136 Å². The highest BCUT2D eigenvalue weighted by atomic mass is 19.4. The average Bonchev–Trinajstić information content (AvgIpc) is 3.72. The quantitative estimate of drug-likeness (QED) is 0.134. The maximum atomic E-state index is 14.1. The molecule has 5 aromatic rings. The molecule has 3 aliphatic rings. The van der Waals surface area contributed by atoms with Gasteiger partial charge >= 0.3 is 18.0 Å². The summed E-state index contributed by atoms with van der Waals surface area (Å²) < 4.78 is 86.7. The molecule has 0 spiro atoms. The first-order valence-corrected chi connectivity index (χ1v) is 19.3. The van der Waals surface area contributed by atoms with Crippen molar-refractivity contribution in [1.29, 1.82) is 0 Å². The number of para-hydroxylation sites is 1. The summed E-state index contributed by atoms with van der Waals surface area (Å²) in [4.78, 5) is 56.4. The Balaban J connectivity index is 0.897. The van der Waals surface area contributed by atoms with Crippen LogP contribution in [-0.4, -0.2) is 66.2 Å². The van der Waals surface area contributed by atoms with E-state index in [-0.39, 0.29) is 41.9 Å². The van der Waals surface area contributed by atoms with Crippen molar-refractivity contribution in [3.05, 3.63) is 87.7 Å². The zero-order valence-electron chi connectivity index (χ0n) is 31.4. The van der Waals surface area contributed by atoms with E-state index in [0.29, 0.717) is 22.9 Å². The fourth-order valence-electron chi connectivity index (χ4n) is 8.93. The van der Waals surface area contributed by atoms with Crippen LogP contribution < -0.4 is 16.3 Å². The molecule has 2 N–H and O–H groups in total. The van der Waals surface area contributed by atoms with Crippen LogP contribution in [0.25, 0.3) is 21.9 Å². The van der Waals surface area contributed by atoms with E-state index >= 15 is 0 Å². The lowest BCUT2D eigenvalue weighted by Crippen LogP contribution is -2.44. The van der Waals surface area contributed by atoms with Crippen LogP contribution in [0.2, 0.25) is 0 Å². The number of anilines is 1. The number of carbonyl (C=O) groups is 3. The Morgan fingerprint density at radius 3 is 2.31 bits per heavy atom. The Morgan fingerprint density at radius 2 is 1.62 bits per heavy atom. The number of imidazole rings is 1. The minimum Gasteiger partial charge on any atom is -0.320 e. The minimum atomic E-state index is -4.89. The standard InChI is InChI=1S/C40H40F6N8O4/c1-51-35-26(4-2-6-31(35)54(38(51)58)32-12-13-34(55)49-37(32)57)23-14-16-52(17-15-23)20-22-8-10-25(11-9-22)53-21-24-18-30(27(39(41,42)43)19-29(24)50-53)48-36(56)28-5-3-7-33(47-28)40(44,45)46/h2-7,18-19,21-23,25,32H,8-17,20H2,1H3,(H,48,56)(H,49,55,57). The molecule has 3 amide bonds. The molecular weight excluding hydrogens is 770 g/mol. The number of hydrogen-bond acceptors (Lipinski definition) is 7. The number of nitrogens with one attached hydrogen (secondary N) is 2. The third-order valence-corrected chi connectivity index (χ3v) is 11.9. The molecule has 306 valence electrons. The number of alkyl halides is 6. The number of nitrogens with zero attached hydrogens (tertiary/aromatic N) is 6. The second kappa shape index (κ2) is 15.0. The average molecular weight is 811 g/mol. The number of imide groups is 1. The molecule has 12 nitrogen and oxygen atoms in total. The molecule has 0 radical (unpaired) electrons. The summed E-state index contributed by atoms with van der Waals surface area (Å²) in [6, 6.07) is 9.62. The van der Waals surface area contributed by atoms with Crippen molar-refractivity contribution in [2.75, 3.05) is 25.0 Å². The van der Waals surface area contributed by atoms with Crippen LogP contribution in [0.15, 0.2) is 59.5 Å². The van der Waals surface area contributed by atoms with Gasteiger partial charge in [-0.2, -0.15) is 31.4 Å². The first-order valence-electron chi connectivity index (χ1n) is 19.3. The molecule has 8 rings (SSSR count). The van der Waals surface area contributed by atoms with Gasteiger partial charge in [0.25, 0.3) is 5.91 Å². The number of halogens is 6. The number of carbonyl (C=O) groups excluding carboxylic acids is 3. The van der Waals surface area contributed by atoms with E-state index in [2.05, 4.69) is 31.7 Å². The van der Waals surface area contributed by atoms with Gasteiger partial charge in [0.15, 0.2) is 0 Å². The maximum Gasteiger partial charge on any atom is 0.433 e. The van der Waals surface area contributed by atoms with Crippen LogP contribution in [0, 0.1) is 5.92 Å². The van der Waals surface area contributed by atoms with Crippen molar-refractivity contribution in [3.63, 3.8) is 0 Å². The predicted molar refractivity (Wildman–Crippen MR) is 200 cm³/mol. The number of aromatic nitrogens is 5. The number of fused-ring (bicyclic) bond motifs is 2. The summed E-state index contributed by atoms with van der Waals surface area (Å²) in [5.74, 6) is -1.37. The first-order chi connectivity index (χ1) is 27.5. The summed E-state index contributed by atoms with van der Waals surface area (Å²) in [6.45, 7) is 2.66. The van der Waals surface area contributed by atoms with Crippen molar-refractivity contribution in [3.8, 4) is 0 Å². The van der Waals surface area contributed by atoms with Gasteiger partial charge in [-0.15, -0.1) is 0 Å². The van der Waals surface area contributed by atoms with Crippen LogP contribution >= 0.6 is 0 Å². The van der Waals surface area contributed by atoms with E-state index in [1.54, 1.807) is 22.5 Å². The van der Waals surface area contributed by atoms with Gasteiger partial charge in [-0.25, -0.2) is 9.78 Å². The van der Waals surface area contributed by atoms with Crippen LogP contribution in [-0.2, 0) is 29.0 Å². The fraction of sp³-hybridized carbons (Fsp3) is 0.450. The van der Waals surface area contributed by atoms with Crippen LogP contribution in [0.3, 0.4) is 0 Å². The largest absolute Gasteiger partial charge is 0.433 e. The SMILES string of the molecule is Cn1c(=O)n(C2CCC(=O)NC2=O)c2cccc(C3CCN(CC4CCC(n5cc6cc(NC(=O)c7cccc(C(F)(F)F)n7)c(C(F)(F)F)cc6n5)CC4)CC3)c21. The molecule has 58 heavy (non-hydrogen) atoms. The van der Waals surface area contributed by atoms with E-state index in [0.717, 1.165) is 93.5 Å². The number of rotatable bonds is 7. The lowest BCUT2D eigenvalue weighted by atomic mass is 9.84. The maximum absolute atomic E-state index is 14.1. The number of likely N-dealkylation sites (tertiary alicyclic amines) is 1. The number of piperidine rings is 2. The minimum absolute atomic E-state index is 0.0457. The number of amides is 3. The van der Waals surface area contributed by atoms with Crippen LogP contribution in [0.4, 0.5) is 32.0 Å². The van der Waals surface area contributed by atoms with Gasteiger partial charge in [-0.05, 0) is 106 Å². The molecule has 2 saturated heterocycles. The third kappa shape index (κ3) is 7.60. The number of pyridine rings is 1. The van der Waals surface area contributed by atoms with Gasteiger partial charge in [-0.1, -0.05) is 18.2 Å². The molecule has 2 aliphatic heterocycles. The van der Waals surface area contributed by atoms with E-state index in [1.807, 2.05) is 12.1 Å². The van der Waals surface area contributed by atoms with E-state index in [9.17, 15) is 45.5 Å². The number of hydrogen-bond donors (Lipinski definition) is 2. The molecule has 2 aromatic carbocycles. The smallest absolute Gasteiger partial charge is 0.320 e. The normalized spacial score (nSPS) is 21.5. The summed E-state index contributed by atoms with van der Waals surface area (Å²) in [6.07, 6.45) is -2.52. The van der Waals surface area contributed by atoms with Crippen LogP contribution in [0.1, 0.15) is 96.7 Å². The molecule has 18 heteroatoms. The monoisotopic (exact) mass is 810 g/mol. The van der Waals surface area contributed by atoms with Crippen molar-refractivity contribution in [2.24, 2.45) is 13.0 Å². The van der Waals surface area contributed by atoms with Gasteiger partial charge in [0.05, 0.1) is 33.8 Å². The molecule has 1 saturated carbocycles. The molecule has 3 aromatic heterocycles. The molecule has 1 unspecified atom stereocenters. The molecule has 5 heterocycles. The van der Waals surface area contributed by atoms with Crippen molar-refractivity contribution < 1.29 is 40.7 Å². The molecular formula is C40H40F6N8O4. The number of aryl methyl sites for hydroxylation is 1. The van der Waals surface area contributed by atoms with Crippen LogP contribution in [0.5, 0.6) is 0 Å². The highest BCUT2D eigenvalue weighted by Crippen LogP contribution is 2.40. The van der Waals surface area contributed by atoms with Gasteiger partial charge in [0.1, 0.15) is 17.4 Å². The van der Waals surface area contributed by atoms with E-state index in [1.165, 1.54) is 4.57 Å². The lowest BCUT2D eigenvalue weighted by molar-refractivity contribution is -0.141. The van der Waals surface area contributed by atoms with Gasteiger partial charge in [0, 0.05) is 31.6 Å². The zero-order chi connectivity index (χ0) is 41.1. The Labute approximate surface area is 327 Å². The highest BCUT2D eigenvalue weighted by molar-refractivity contribution is 6.04. The van der Waals surface area contributed by atoms with Crippen molar-refractivity contribution >= 4 is 45.3 Å².